The second kappa shape index (κ2) is 7.39. The smallest absolute Gasteiger partial charge is 0.224 e. The lowest BCUT2D eigenvalue weighted by atomic mass is 10.1. The molecule has 2 heterocycles. The number of para-hydroxylation sites is 1. The van der Waals surface area contributed by atoms with Crippen LogP contribution in [-0.2, 0) is 16.1 Å². The molecule has 1 aromatic carbocycles. The van der Waals surface area contributed by atoms with Crippen molar-refractivity contribution in [1.82, 2.24) is 4.90 Å². The number of likely N-dealkylation sites (tertiary alicyclic amines) is 1. The van der Waals surface area contributed by atoms with E-state index in [1.165, 1.54) is 42.3 Å². The molecule has 0 N–H and O–H groups in total. The van der Waals surface area contributed by atoms with Crippen molar-refractivity contribution < 1.29 is 9.59 Å². The number of amides is 1. The molecule has 0 radical (unpaired) electrons. The van der Waals surface area contributed by atoms with Gasteiger partial charge in [-0.1, -0.05) is 30.0 Å². The molecule has 2 fully saturated rings. The average molecular weight is 332 g/mol. The fraction of sp³-hybridized carbons (Fsp3) is 0.556. The molecule has 2 saturated heterocycles. The Bertz CT molecular complexity index is 584. The Morgan fingerprint density at radius 2 is 1.96 bits per heavy atom. The highest BCUT2D eigenvalue weighted by molar-refractivity contribution is 8.14. The first-order valence-electron chi connectivity index (χ1n) is 8.41. The van der Waals surface area contributed by atoms with Gasteiger partial charge >= 0.3 is 0 Å². The number of anilines is 1. The monoisotopic (exact) mass is 332 g/mol. The Morgan fingerprint density at radius 3 is 2.70 bits per heavy atom. The summed E-state index contributed by atoms with van der Waals surface area (Å²) in [5, 5.41) is 0.209. The van der Waals surface area contributed by atoms with Gasteiger partial charge in [-0.15, -0.1) is 0 Å². The molecule has 1 atom stereocenters. The zero-order valence-electron chi connectivity index (χ0n) is 13.7. The molecule has 2 aliphatic heterocycles. The number of rotatable bonds is 4. The molecular formula is C18H24N2O2S. The molecule has 124 valence electrons. The lowest BCUT2D eigenvalue weighted by Gasteiger charge is -2.31. The summed E-state index contributed by atoms with van der Waals surface area (Å²) in [7, 11) is 0. The van der Waals surface area contributed by atoms with Crippen LogP contribution in [0.2, 0.25) is 0 Å². The maximum atomic E-state index is 12.2. The number of hydrogen-bond acceptors (Lipinski definition) is 4. The molecule has 0 saturated carbocycles. The minimum atomic E-state index is 0.0957. The highest BCUT2D eigenvalue weighted by atomic mass is 32.2. The van der Waals surface area contributed by atoms with Crippen molar-refractivity contribution >= 4 is 28.5 Å². The van der Waals surface area contributed by atoms with E-state index in [2.05, 4.69) is 23.1 Å². The molecule has 4 nitrogen and oxygen atoms in total. The van der Waals surface area contributed by atoms with Gasteiger partial charge in [-0.3, -0.25) is 9.59 Å². The standard InChI is InChI=1S/C18H24N2O2S/c1-14(21)23-16-11-18(22)20(13-16)12-15-7-3-4-8-17(15)19-9-5-2-6-10-19/h3-4,7-8,16H,2,5-6,9-13H2,1H3. The maximum Gasteiger partial charge on any atom is 0.224 e. The van der Waals surface area contributed by atoms with Gasteiger partial charge in [0.1, 0.15) is 0 Å². The van der Waals surface area contributed by atoms with Crippen molar-refractivity contribution in [1.29, 1.82) is 0 Å². The lowest BCUT2D eigenvalue weighted by Crippen LogP contribution is -2.32. The Labute approximate surface area is 142 Å². The van der Waals surface area contributed by atoms with E-state index in [-0.39, 0.29) is 16.3 Å². The van der Waals surface area contributed by atoms with Gasteiger partial charge in [0.05, 0.1) is 0 Å². The normalized spacial score (nSPS) is 21.8. The van der Waals surface area contributed by atoms with E-state index in [9.17, 15) is 9.59 Å². The molecule has 5 heteroatoms. The van der Waals surface area contributed by atoms with Gasteiger partial charge in [0.25, 0.3) is 0 Å². The molecule has 2 aliphatic rings. The largest absolute Gasteiger partial charge is 0.371 e. The van der Waals surface area contributed by atoms with Gasteiger partial charge in [-0.05, 0) is 30.9 Å². The van der Waals surface area contributed by atoms with Gasteiger partial charge in [0.15, 0.2) is 5.12 Å². The van der Waals surface area contributed by atoms with Crippen molar-refractivity contribution in [3.63, 3.8) is 0 Å². The predicted molar refractivity (Wildman–Crippen MR) is 94.6 cm³/mol. The Hall–Kier alpha value is -1.49. The highest BCUT2D eigenvalue weighted by Gasteiger charge is 2.31. The maximum absolute atomic E-state index is 12.2. The van der Waals surface area contributed by atoms with Crippen LogP contribution in [0.5, 0.6) is 0 Å². The number of carbonyl (C=O) groups is 2. The summed E-state index contributed by atoms with van der Waals surface area (Å²) in [6, 6.07) is 8.42. The molecule has 1 unspecified atom stereocenters. The van der Waals surface area contributed by atoms with Gasteiger partial charge in [-0.25, -0.2) is 0 Å². The van der Waals surface area contributed by atoms with Crippen LogP contribution in [-0.4, -0.2) is 40.8 Å². The first-order chi connectivity index (χ1) is 11.1. The van der Waals surface area contributed by atoms with Gasteiger partial charge < -0.3 is 9.80 Å². The van der Waals surface area contributed by atoms with Crippen molar-refractivity contribution in [3.05, 3.63) is 29.8 Å². The number of carbonyl (C=O) groups excluding carboxylic acids is 2. The van der Waals surface area contributed by atoms with Crippen molar-refractivity contribution in [2.75, 3.05) is 24.5 Å². The lowest BCUT2D eigenvalue weighted by molar-refractivity contribution is -0.128. The molecule has 3 rings (SSSR count). The summed E-state index contributed by atoms with van der Waals surface area (Å²) in [5.74, 6) is 0.164. The van der Waals surface area contributed by atoms with E-state index < -0.39 is 0 Å². The fourth-order valence-corrected chi connectivity index (χ4v) is 4.45. The van der Waals surface area contributed by atoms with E-state index in [0.29, 0.717) is 19.5 Å². The number of nitrogens with zero attached hydrogens (tertiary/aromatic N) is 2. The van der Waals surface area contributed by atoms with Crippen molar-refractivity contribution in [3.8, 4) is 0 Å². The third-order valence-electron chi connectivity index (χ3n) is 4.56. The first kappa shape index (κ1) is 16.4. The molecule has 0 aromatic heterocycles. The highest BCUT2D eigenvalue weighted by Crippen LogP contribution is 2.29. The molecular weight excluding hydrogens is 308 g/mol. The Morgan fingerprint density at radius 1 is 1.22 bits per heavy atom. The number of piperidine rings is 1. The quantitative estimate of drug-likeness (QED) is 0.850. The van der Waals surface area contributed by atoms with Crippen LogP contribution in [0.4, 0.5) is 5.69 Å². The van der Waals surface area contributed by atoms with Crippen LogP contribution in [0, 0.1) is 0 Å². The predicted octanol–water partition coefficient (Wildman–Crippen LogP) is 3.06. The SMILES string of the molecule is CC(=O)SC1CC(=O)N(Cc2ccccc2N2CCCCC2)C1. The first-order valence-corrected chi connectivity index (χ1v) is 9.29. The van der Waals surface area contributed by atoms with E-state index >= 15 is 0 Å². The van der Waals surface area contributed by atoms with E-state index in [4.69, 9.17) is 0 Å². The molecule has 1 aromatic rings. The zero-order chi connectivity index (χ0) is 16.2. The zero-order valence-corrected chi connectivity index (χ0v) is 14.5. The molecule has 0 aliphatic carbocycles. The van der Waals surface area contributed by atoms with Crippen molar-refractivity contribution in [2.24, 2.45) is 0 Å². The summed E-state index contributed by atoms with van der Waals surface area (Å²) in [6.45, 7) is 5.11. The van der Waals surface area contributed by atoms with Gasteiger partial charge in [0.2, 0.25) is 5.91 Å². The summed E-state index contributed by atoms with van der Waals surface area (Å²) in [5.41, 5.74) is 2.49. The molecule has 23 heavy (non-hydrogen) atoms. The minimum absolute atomic E-state index is 0.0957. The number of thioether (sulfide) groups is 1. The number of hydrogen-bond donors (Lipinski definition) is 0. The number of benzene rings is 1. The molecule has 1 amide bonds. The van der Waals surface area contributed by atoms with Crippen LogP contribution in [0.1, 0.15) is 38.2 Å². The Balaban J connectivity index is 1.70. The van der Waals surface area contributed by atoms with Crippen LogP contribution < -0.4 is 4.90 Å². The summed E-state index contributed by atoms with van der Waals surface area (Å²) < 4.78 is 0. The average Bonchev–Trinajstić information content (AvgIpc) is 2.87. The fourth-order valence-electron chi connectivity index (χ4n) is 3.50. The van der Waals surface area contributed by atoms with E-state index in [1.54, 1.807) is 6.92 Å². The second-order valence-corrected chi connectivity index (χ2v) is 7.86. The van der Waals surface area contributed by atoms with Gasteiger partial charge in [-0.2, -0.15) is 0 Å². The van der Waals surface area contributed by atoms with Gasteiger partial charge in [0, 0.05) is 50.5 Å². The third-order valence-corrected chi connectivity index (χ3v) is 5.54. The molecule has 0 bridgehead atoms. The Kier molecular flexibility index (Phi) is 5.26. The van der Waals surface area contributed by atoms with Crippen LogP contribution in [0.3, 0.4) is 0 Å². The minimum Gasteiger partial charge on any atom is -0.371 e. The summed E-state index contributed by atoms with van der Waals surface area (Å²) in [4.78, 5) is 27.9. The van der Waals surface area contributed by atoms with Crippen LogP contribution in [0.25, 0.3) is 0 Å². The van der Waals surface area contributed by atoms with E-state index in [0.717, 1.165) is 13.1 Å². The van der Waals surface area contributed by atoms with E-state index in [1.807, 2.05) is 11.0 Å². The second-order valence-electron chi connectivity index (χ2n) is 6.39. The summed E-state index contributed by atoms with van der Waals surface area (Å²) in [6.07, 6.45) is 4.28. The third kappa shape index (κ3) is 4.08. The topological polar surface area (TPSA) is 40.6 Å². The summed E-state index contributed by atoms with van der Waals surface area (Å²) >= 11 is 1.30. The van der Waals surface area contributed by atoms with Crippen LogP contribution >= 0.6 is 11.8 Å². The molecule has 0 spiro atoms. The van der Waals surface area contributed by atoms with Crippen LogP contribution in [0.15, 0.2) is 24.3 Å². The van der Waals surface area contributed by atoms with Crippen molar-refractivity contribution in [2.45, 2.75) is 44.4 Å².